The zero-order chi connectivity index (χ0) is 13.6. The highest BCUT2D eigenvalue weighted by Gasteiger charge is 2.55. The third kappa shape index (κ3) is 2.15. The number of rotatable bonds is 4. The zero-order valence-electron chi connectivity index (χ0n) is 11.6. The van der Waals surface area contributed by atoms with Crippen LogP contribution >= 0.6 is 0 Å². The number of hydrogen-bond acceptors (Lipinski definition) is 2. The van der Waals surface area contributed by atoms with Crippen LogP contribution in [0.25, 0.3) is 0 Å². The van der Waals surface area contributed by atoms with Gasteiger partial charge in [0.05, 0.1) is 5.41 Å². The second kappa shape index (κ2) is 4.50. The lowest BCUT2D eigenvalue weighted by molar-refractivity contribution is -0.161. The summed E-state index contributed by atoms with van der Waals surface area (Å²) in [6.45, 7) is 2.24. The number of aliphatic carboxylic acids is 1. The number of amides is 1. The Bertz CT molecular complexity index is 369. The number of carboxylic acid groups (broad SMARTS) is 1. The summed E-state index contributed by atoms with van der Waals surface area (Å²) < 4.78 is 0. The molecule has 0 aromatic carbocycles. The molecule has 19 heavy (non-hydrogen) atoms. The van der Waals surface area contributed by atoms with Crippen molar-refractivity contribution in [3.63, 3.8) is 0 Å². The van der Waals surface area contributed by atoms with Crippen molar-refractivity contribution in [3.8, 4) is 0 Å². The number of hydrogen-bond donors (Lipinski definition) is 1. The molecule has 4 nitrogen and oxygen atoms in total. The fourth-order valence-electron chi connectivity index (χ4n) is 5.20. The fourth-order valence-corrected chi connectivity index (χ4v) is 5.20. The monoisotopic (exact) mass is 265 g/mol. The molecule has 4 rings (SSSR count). The molecule has 4 fully saturated rings. The number of nitrogens with zero attached hydrogens (tertiary/aromatic N) is 1. The van der Waals surface area contributed by atoms with Crippen molar-refractivity contribution in [1.82, 2.24) is 4.90 Å². The average molecular weight is 265 g/mol. The highest BCUT2D eigenvalue weighted by Crippen LogP contribution is 2.60. The van der Waals surface area contributed by atoms with Gasteiger partial charge in [-0.1, -0.05) is 0 Å². The molecule has 0 spiro atoms. The van der Waals surface area contributed by atoms with Crippen LogP contribution in [0.5, 0.6) is 0 Å². The summed E-state index contributed by atoms with van der Waals surface area (Å²) in [6.07, 6.45) is 6.93. The summed E-state index contributed by atoms with van der Waals surface area (Å²) in [7, 11) is 0. The van der Waals surface area contributed by atoms with Gasteiger partial charge in [0.1, 0.15) is 6.54 Å². The van der Waals surface area contributed by atoms with Crippen LogP contribution in [-0.4, -0.2) is 35.0 Å². The standard InChI is InChI=1S/C15H23NO3/c1-2-16(9-13(17)18)14(19)15-6-10-3-11(7-15)5-12(4-10)8-15/h10-12H,2-9H2,1H3,(H,17,18). The van der Waals surface area contributed by atoms with E-state index < -0.39 is 5.97 Å². The van der Waals surface area contributed by atoms with Crippen LogP contribution in [-0.2, 0) is 9.59 Å². The summed E-state index contributed by atoms with van der Waals surface area (Å²) in [6, 6.07) is 0. The molecule has 0 unspecified atom stereocenters. The summed E-state index contributed by atoms with van der Waals surface area (Å²) in [5, 5.41) is 8.95. The largest absolute Gasteiger partial charge is 0.480 e. The number of carbonyl (C=O) groups is 2. The number of likely N-dealkylation sites (N-methyl/N-ethyl adjacent to an activating group) is 1. The molecule has 0 radical (unpaired) electrons. The number of carbonyl (C=O) groups excluding carboxylic acids is 1. The Kier molecular flexibility index (Phi) is 3.06. The maximum absolute atomic E-state index is 12.8. The van der Waals surface area contributed by atoms with Crippen LogP contribution < -0.4 is 0 Å². The molecule has 4 heteroatoms. The van der Waals surface area contributed by atoms with Crippen molar-refractivity contribution in [1.29, 1.82) is 0 Å². The smallest absolute Gasteiger partial charge is 0.323 e. The van der Waals surface area contributed by atoms with Crippen LogP contribution in [0.4, 0.5) is 0 Å². The van der Waals surface area contributed by atoms with Gasteiger partial charge < -0.3 is 10.0 Å². The second-order valence-electron chi connectivity index (χ2n) is 6.91. The average Bonchev–Trinajstić information content (AvgIpc) is 2.33. The summed E-state index contributed by atoms with van der Waals surface area (Å²) in [5.41, 5.74) is -0.208. The van der Waals surface area contributed by atoms with Crippen LogP contribution in [0.1, 0.15) is 45.4 Å². The molecule has 106 valence electrons. The van der Waals surface area contributed by atoms with Gasteiger partial charge in [0.15, 0.2) is 0 Å². The first-order valence-corrected chi connectivity index (χ1v) is 7.53. The van der Waals surface area contributed by atoms with E-state index >= 15 is 0 Å². The van der Waals surface area contributed by atoms with E-state index in [4.69, 9.17) is 5.11 Å². The van der Waals surface area contributed by atoms with E-state index in [1.54, 1.807) is 4.90 Å². The van der Waals surface area contributed by atoms with Crippen molar-refractivity contribution in [2.45, 2.75) is 45.4 Å². The minimum Gasteiger partial charge on any atom is -0.480 e. The van der Waals surface area contributed by atoms with Gasteiger partial charge in [-0.05, 0) is 63.2 Å². The molecule has 0 aliphatic heterocycles. The van der Waals surface area contributed by atoms with Crippen molar-refractivity contribution in [2.24, 2.45) is 23.2 Å². The molecule has 4 saturated carbocycles. The van der Waals surface area contributed by atoms with Crippen LogP contribution in [0, 0.1) is 23.2 Å². The molecule has 0 atom stereocenters. The molecule has 0 saturated heterocycles. The van der Waals surface area contributed by atoms with Gasteiger partial charge in [0.2, 0.25) is 5.91 Å². The van der Waals surface area contributed by atoms with Gasteiger partial charge in [-0.15, -0.1) is 0 Å². The van der Waals surface area contributed by atoms with Crippen LogP contribution in [0.15, 0.2) is 0 Å². The first kappa shape index (κ1) is 12.9. The SMILES string of the molecule is CCN(CC(=O)O)C(=O)C12CC3CC(CC(C3)C1)C2. The number of carboxylic acids is 1. The van der Waals surface area contributed by atoms with Crippen molar-refractivity contribution in [2.75, 3.05) is 13.1 Å². The minimum atomic E-state index is -0.903. The summed E-state index contributed by atoms with van der Waals surface area (Å²) in [4.78, 5) is 25.3. The molecule has 0 heterocycles. The quantitative estimate of drug-likeness (QED) is 0.847. The lowest BCUT2D eigenvalue weighted by Crippen LogP contribution is -2.55. The Morgan fingerprint density at radius 2 is 1.58 bits per heavy atom. The maximum Gasteiger partial charge on any atom is 0.323 e. The third-order valence-corrected chi connectivity index (χ3v) is 5.49. The van der Waals surface area contributed by atoms with Crippen molar-refractivity contribution < 1.29 is 14.7 Å². The second-order valence-corrected chi connectivity index (χ2v) is 6.91. The molecule has 1 amide bonds. The lowest BCUT2D eigenvalue weighted by Gasteiger charge is -2.56. The van der Waals surface area contributed by atoms with E-state index in [0.717, 1.165) is 37.0 Å². The first-order valence-electron chi connectivity index (χ1n) is 7.53. The Morgan fingerprint density at radius 1 is 1.11 bits per heavy atom. The molecule has 4 bridgehead atoms. The van der Waals surface area contributed by atoms with E-state index in [1.165, 1.54) is 19.3 Å². The predicted molar refractivity (Wildman–Crippen MR) is 70.5 cm³/mol. The molecular weight excluding hydrogens is 242 g/mol. The lowest BCUT2D eigenvalue weighted by atomic mass is 9.49. The Morgan fingerprint density at radius 3 is 1.95 bits per heavy atom. The van der Waals surface area contributed by atoms with Crippen molar-refractivity contribution in [3.05, 3.63) is 0 Å². The highest BCUT2D eigenvalue weighted by molar-refractivity contribution is 5.86. The molecule has 0 aromatic rings. The maximum atomic E-state index is 12.8. The Labute approximate surface area is 114 Å². The third-order valence-electron chi connectivity index (χ3n) is 5.49. The summed E-state index contributed by atoms with van der Waals surface area (Å²) >= 11 is 0. The Hall–Kier alpha value is -1.06. The topological polar surface area (TPSA) is 57.6 Å². The van der Waals surface area contributed by atoms with E-state index in [-0.39, 0.29) is 17.9 Å². The van der Waals surface area contributed by atoms with Gasteiger partial charge >= 0.3 is 5.97 Å². The van der Waals surface area contributed by atoms with Crippen LogP contribution in [0.2, 0.25) is 0 Å². The highest BCUT2D eigenvalue weighted by atomic mass is 16.4. The van der Waals surface area contributed by atoms with Crippen LogP contribution in [0.3, 0.4) is 0 Å². The molecule has 0 aromatic heterocycles. The van der Waals surface area contributed by atoms with Gasteiger partial charge in [0, 0.05) is 6.54 Å². The van der Waals surface area contributed by atoms with E-state index in [1.807, 2.05) is 6.92 Å². The van der Waals surface area contributed by atoms with E-state index in [2.05, 4.69) is 0 Å². The molecular formula is C15H23NO3. The van der Waals surface area contributed by atoms with Crippen molar-refractivity contribution >= 4 is 11.9 Å². The minimum absolute atomic E-state index is 0.122. The van der Waals surface area contributed by atoms with E-state index in [0.29, 0.717) is 6.54 Å². The van der Waals surface area contributed by atoms with Gasteiger partial charge in [-0.25, -0.2) is 0 Å². The van der Waals surface area contributed by atoms with Gasteiger partial charge in [0.25, 0.3) is 0 Å². The molecule has 4 aliphatic rings. The fraction of sp³-hybridized carbons (Fsp3) is 0.867. The van der Waals surface area contributed by atoms with Gasteiger partial charge in [-0.2, -0.15) is 0 Å². The normalized spacial score (nSPS) is 39.3. The Balaban J connectivity index is 1.80. The molecule has 1 N–H and O–H groups in total. The zero-order valence-corrected chi connectivity index (χ0v) is 11.6. The predicted octanol–water partition coefficient (Wildman–Crippen LogP) is 2.14. The molecule has 4 aliphatic carbocycles. The van der Waals surface area contributed by atoms with Gasteiger partial charge in [-0.3, -0.25) is 9.59 Å². The first-order chi connectivity index (χ1) is 9.02. The summed E-state index contributed by atoms with van der Waals surface area (Å²) in [5.74, 6) is 1.38. The van der Waals surface area contributed by atoms with E-state index in [9.17, 15) is 9.59 Å².